The summed E-state index contributed by atoms with van der Waals surface area (Å²) >= 11 is 11.9. The van der Waals surface area contributed by atoms with Crippen molar-refractivity contribution in [1.29, 1.82) is 0 Å². The lowest BCUT2D eigenvalue weighted by molar-refractivity contribution is -0.309. The Morgan fingerprint density at radius 1 is 1.03 bits per heavy atom. The van der Waals surface area contributed by atoms with Crippen LogP contribution in [0.2, 0.25) is 10.0 Å². The average molecular weight is 479 g/mol. The Morgan fingerprint density at radius 2 is 1.60 bits per heavy atom. The van der Waals surface area contributed by atoms with E-state index in [1.807, 2.05) is 6.07 Å². The van der Waals surface area contributed by atoms with Gasteiger partial charge in [-0.1, -0.05) is 29.3 Å². The van der Waals surface area contributed by atoms with E-state index in [0.717, 1.165) is 10.5 Å². The number of hydrogen-bond donors (Lipinski definition) is 0. The maximum atomic E-state index is 12.5. The number of nitrogens with zero attached hydrogens (tertiary/aromatic N) is 2. The summed E-state index contributed by atoms with van der Waals surface area (Å²) in [6, 6.07) is 5.33. The van der Waals surface area contributed by atoms with Crippen LogP contribution in [0.1, 0.15) is 18.4 Å². The molecule has 2 saturated heterocycles. The Balaban J connectivity index is 1.49. The first-order chi connectivity index (χ1) is 13.8. The van der Waals surface area contributed by atoms with E-state index in [2.05, 4.69) is 9.64 Å². The van der Waals surface area contributed by atoms with Crippen molar-refractivity contribution in [2.24, 2.45) is 5.41 Å². The van der Waals surface area contributed by atoms with Gasteiger partial charge in [0.15, 0.2) is 0 Å². The maximum Gasteiger partial charge on any atom is 0.434 e. The van der Waals surface area contributed by atoms with E-state index in [-0.39, 0.29) is 18.5 Å². The third kappa shape index (κ3) is 5.26. The van der Waals surface area contributed by atoms with Crippen LogP contribution in [0.4, 0.5) is 31.1 Å². The number of alkyl halides is 6. The molecule has 4 nitrogen and oxygen atoms in total. The molecule has 0 aliphatic carbocycles. The highest BCUT2D eigenvalue weighted by Gasteiger charge is 2.61. The van der Waals surface area contributed by atoms with E-state index in [1.165, 1.54) is 0 Å². The number of rotatable bonds is 3. The molecule has 3 rings (SSSR count). The van der Waals surface area contributed by atoms with Crippen molar-refractivity contribution in [3.05, 3.63) is 33.8 Å². The normalized spacial score (nSPS) is 19.8. The van der Waals surface area contributed by atoms with E-state index < -0.39 is 24.5 Å². The van der Waals surface area contributed by atoms with Gasteiger partial charge in [-0.2, -0.15) is 26.3 Å². The second-order valence-electron chi connectivity index (χ2n) is 7.73. The number of amides is 1. The molecule has 0 aromatic heterocycles. The summed E-state index contributed by atoms with van der Waals surface area (Å²) in [6.45, 7) is 2.15. The molecule has 168 valence electrons. The van der Waals surface area contributed by atoms with Crippen LogP contribution in [-0.2, 0) is 11.3 Å². The van der Waals surface area contributed by atoms with E-state index in [4.69, 9.17) is 23.2 Å². The number of likely N-dealkylation sites (tertiary alicyclic amines) is 2. The van der Waals surface area contributed by atoms with Gasteiger partial charge < -0.3 is 9.64 Å². The lowest BCUT2D eigenvalue weighted by Gasteiger charge is -2.53. The molecule has 1 spiro atoms. The highest BCUT2D eigenvalue weighted by molar-refractivity contribution is 6.42. The standard InChI is InChI=1S/C18H18Cl2F6N2O2/c19-12-2-1-11(7-13(12)20)8-27-5-3-16(4-6-27)9-28(10-16)15(29)30-14(17(21,22)23)18(24,25)26/h1-2,7,14H,3-6,8-10H2. The molecule has 0 N–H and O–H groups in total. The molecule has 0 radical (unpaired) electrons. The molecule has 2 heterocycles. The van der Waals surface area contributed by atoms with Crippen molar-refractivity contribution in [3.8, 4) is 0 Å². The third-order valence-corrected chi connectivity index (χ3v) is 6.17. The van der Waals surface area contributed by atoms with Gasteiger partial charge in [0, 0.05) is 25.0 Å². The summed E-state index contributed by atoms with van der Waals surface area (Å²) in [5.41, 5.74) is 0.670. The van der Waals surface area contributed by atoms with Crippen LogP contribution in [0.25, 0.3) is 0 Å². The van der Waals surface area contributed by atoms with Crippen molar-refractivity contribution >= 4 is 29.3 Å². The van der Waals surface area contributed by atoms with Gasteiger partial charge in [0.25, 0.3) is 6.10 Å². The zero-order chi connectivity index (χ0) is 22.3. The Labute approximate surface area is 178 Å². The third-order valence-electron chi connectivity index (χ3n) is 5.43. The number of benzene rings is 1. The summed E-state index contributed by atoms with van der Waals surface area (Å²) in [4.78, 5) is 14.8. The van der Waals surface area contributed by atoms with Crippen LogP contribution in [0, 0.1) is 5.41 Å². The zero-order valence-corrected chi connectivity index (χ0v) is 17.0. The van der Waals surface area contributed by atoms with Gasteiger partial charge in [0.1, 0.15) is 0 Å². The van der Waals surface area contributed by atoms with Crippen LogP contribution in [-0.4, -0.2) is 60.5 Å². The van der Waals surface area contributed by atoms with Crippen LogP contribution in [0.15, 0.2) is 18.2 Å². The van der Waals surface area contributed by atoms with E-state index in [0.29, 0.717) is 42.5 Å². The molecule has 0 atom stereocenters. The average Bonchev–Trinajstić information content (AvgIpc) is 2.59. The minimum atomic E-state index is -5.72. The Morgan fingerprint density at radius 3 is 2.10 bits per heavy atom. The number of carbonyl (C=O) groups excluding carboxylic acids is 1. The van der Waals surface area contributed by atoms with Crippen LogP contribution in [0.5, 0.6) is 0 Å². The summed E-state index contributed by atoms with van der Waals surface area (Å²) in [5, 5.41) is 0.907. The first-order valence-corrected chi connectivity index (χ1v) is 9.80. The monoisotopic (exact) mass is 478 g/mol. The predicted octanol–water partition coefficient (Wildman–Crippen LogP) is 5.52. The van der Waals surface area contributed by atoms with Gasteiger partial charge in [0.05, 0.1) is 10.0 Å². The summed E-state index contributed by atoms with van der Waals surface area (Å²) < 4.78 is 79.0. The molecule has 1 aromatic rings. The van der Waals surface area contributed by atoms with E-state index >= 15 is 0 Å². The Bertz CT molecular complexity index is 772. The van der Waals surface area contributed by atoms with Crippen molar-refractivity contribution < 1.29 is 35.9 Å². The van der Waals surface area contributed by atoms with Crippen molar-refractivity contribution in [2.45, 2.75) is 37.8 Å². The predicted molar refractivity (Wildman–Crippen MR) is 97.4 cm³/mol. The van der Waals surface area contributed by atoms with Crippen molar-refractivity contribution in [3.63, 3.8) is 0 Å². The first-order valence-electron chi connectivity index (χ1n) is 9.04. The van der Waals surface area contributed by atoms with Gasteiger partial charge >= 0.3 is 18.4 Å². The summed E-state index contributed by atoms with van der Waals surface area (Å²) in [6.07, 6.45) is -15.8. The zero-order valence-electron chi connectivity index (χ0n) is 15.5. The molecule has 0 bridgehead atoms. The number of ether oxygens (including phenoxy) is 1. The lowest BCUT2D eigenvalue weighted by atomic mass is 9.72. The molecule has 1 amide bonds. The second kappa shape index (κ2) is 8.27. The molecule has 0 saturated carbocycles. The fourth-order valence-corrected chi connectivity index (χ4v) is 4.11. The maximum absolute atomic E-state index is 12.5. The van der Waals surface area contributed by atoms with Gasteiger partial charge in [-0.15, -0.1) is 0 Å². The second-order valence-corrected chi connectivity index (χ2v) is 8.54. The molecule has 30 heavy (non-hydrogen) atoms. The first kappa shape index (κ1) is 23.3. The highest BCUT2D eigenvalue weighted by atomic mass is 35.5. The fraction of sp³-hybridized carbons (Fsp3) is 0.611. The number of carbonyl (C=O) groups is 1. The molecule has 0 unspecified atom stereocenters. The Hall–Kier alpha value is -1.39. The van der Waals surface area contributed by atoms with Crippen LogP contribution >= 0.6 is 23.2 Å². The molecule has 2 fully saturated rings. The van der Waals surface area contributed by atoms with Crippen molar-refractivity contribution in [2.75, 3.05) is 26.2 Å². The molecular weight excluding hydrogens is 461 g/mol. The van der Waals surface area contributed by atoms with E-state index in [1.54, 1.807) is 12.1 Å². The number of halogens is 8. The SMILES string of the molecule is O=C(OC(C(F)(F)F)C(F)(F)F)N1CC2(CCN(Cc3ccc(Cl)c(Cl)c3)CC2)C1. The highest BCUT2D eigenvalue weighted by Crippen LogP contribution is 2.42. The molecular formula is C18H18Cl2F6N2O2. The largest absolute Gasteiger partial charge is 0.434 e. The van der Waals surface area contributed by atoms with Gasteiger partial charge in [-0.05, 0) is 43.6 Å². The molecule has 12 heteroatoms. The van der Waals surface area contributed by atoms with Gasteiger partial charge in [-0.25, -0.2) is 4.79 Å². The van der Waals surface area contributed by atoms with Crippen LogP contribution in [0.3, 0.4) is 0 Å². The quantitative estimate of drug-likeness (QED) is 0.536. The number of piperidine rings is 1. The lowest BCUT2D eigenvalue weighted by Crippen LogP contribution is -2.62. The van der Waals surface area contributed by atoms with E-state index in [9.17, 15) is 31.1 Å². The summed E-state index contributed by atoms with van der Waals surface area (Å²) in [7, 11) is 0. The summed E-state index contributed by atoms with van der Waals surface area (Å²) in [5.74, 6) is 0. The minimum Gasteiger partial charge on any atom is -0.426 e. The Kier molecular flexibility index (Phi) is 6.42. The van der Waals surface area contributed by atoms with Crippen molar-refractivity contribution in [1.82, 2.24) is 9.80 Å². The van der Waals surface area contributed by atoms with Crippen LogP contribution < -0.4 is 0 Å². The fourth-order valence-electron chi connectivity index (χ4n) is 3.79. The van der Waals surface area contributed by atoms with Gasteiger partial charge in [-0.3, -0.25) is 4.90 Å². The molecule has 2 aliphatic rings. The van der Waals surface area contributed by atoms with Gasteiger partial charge in [0.2, 0.25) is 0 Å². The minimum absolute atomic E-state index is 0.0783. The smallest absolute Gasteiger partial charge is 0.426 e. The molecule has 2 aliphatic heterocycles. The number of hydrogen-bond acceptors (Lipinski definition) is 3. The topological polar surface area (TPSA) is 32.8 Å². The molecule has 1 aromatic carbocycles.